The molecule has 3 rings (SSSR count). The minimum Gasteiger partial charge on any atom is -0.493 e. The maximum Gasteiger partial charge on any atom is 0.315 e. The lowest BCUT2D eigenvalue weighted by molar-refractivity contribution is -0.142. The monoisotopic (exact) mass is 350 g/mol. The van der Waals surface area contributed by atoms with Gasteiger partial charge in [-0.3, -0.25) is 4.79 Å². The van der Waals surface area contributed by atoms with Gasteiger partial charge in [-0.2, -0.15) is 0 Å². The van der Waals surface area contributed by atoms with E-state index >= 15 is 0 Å². The Balaban J connectivity index is 1.58. The van der Waals surface area contributed by atoms with Crippen LogP contribution in [0, 0.1) is 11.7 Å². The molecule has 0 bridgehead atoms. The summed E-state index contributed by atoms with van der Waals surface area (Å²) >= 11 is 0. The number of carbonyl (C=O) groups is 2. The van der Waals surface area contributed by atoms with E-state index in [1.54, 1.807) is 6.07 Å². The largest absolute Gasteiger partial charge is 0.493 e. The zero-order valence-corrected chi connectivity index (χ0v) is 14.0. The fourth-order valence-corrected chi connectivity index (χ4v) is 3.57. The summed E-state index contributed by atoms with van der Waals surface area (Å²) in [5.41, 5.74) is 0.655. The number of hydrogen-bond acceptors (Lipinski definition) is 3. The lowest BCUT2D eigenvalue weighted by atomic mass is 9.86. The molecule has 2 amide bonds. The highest BCUT2D eigenvalue weighted by atomic mass is 19.1. The van der Waals surface area contributed by atoms with Crippen LogP contribution in [0.3, 0.4) is 0 Å². The Bertz CT molecular complexity index is 644. The number of carboxylic acids is 1. The molecule has 1 fully saturated rings. The van der Waals surface area contributed by atoms with E-state index in [1.807, 2.05) is 0 Å². The fourth-order valence-electron chi connectivity index (χ4n) is 3.57. The number of fused-ring (bicyclic) bond motifs is 1. The van der Waals surface area contributed by atoms with Gasteiger partial charge in [0.15, 0.2) is 0 Å². The first-order chi connectivity index (χ1) is 12.0. The molecule has 0 aromatic heterocycles. The van der Waals surface area contributed by atoms with Crippen molar-refractivity contribution in [3.63, 3.8) is 0 Å². The van der Waals surface area contributed by atoms with Crippen molar-refractivity contribution in [2.45, 2.75) is 50.6 Å². The van der Waals surface area contributed by atoms with Crippen LogP contribution in [0.4, 0.5) is 9.18 Å². The third-order valence-electron chi connectivity index (χ3n) is 4.96. The van der Waals surface area contributed by atoms with Gasteiger partial charge in [-0.15, -0.1) is 0 Å². The van der Waals surface area contributed by atoms with Crippen molar-refractivity contribution in [3.05, 3.63) is 29.6 Å². The molecule has 1 aliphatic carbocycles. The van der Waals surface area contributed by atoms with Gasteiger partial charge in [-0.1, -0.05) is 0 Å². The molecule has 7 heteroatoms. The summed E-state index contributed by atoms with van der Waals surface area (Å²) in [5.74, 6) is -0.829. The topological polar surface area (TPSA) is 87.7 Å². The second-order valence-electron chi connectivity index (χ2n) is 6.73. The average molecular weight is 350 g/mol. The van der Waals surface area contributed by atoms with Crippen molar-refractivity contribution >= 4 is 12.0 Å². The first kappa shape index (κ1) is 17.5. The Hall–Kier alpha value is -2.31. The molecule has 3 N–H and O–H groups in total. The highest BCUT2D eigenvalue weighted by Gasteiger charge is 2.28. The van der Waals surface area contributed by atoms with E-state index in [9.17, 15) is 14.0 Å². The van der Waals surface area contributed by atoms with Crippen molar-refractivity contribution < 1.29 is 23.8 Å². The van der Waals surface area contributed by atoms with Crippen molar-refractivity contribution in [3.8, 4) is 5.75 Å². The summed E-state index contributed by atoms with van der Waals surface area (Å²) in [7, 11) is 0. The van der Waals surface area contributed by atoms with Crippen LogP contribution in [0.2, 0.25) is 0 Å². The Kier molecular flexibility index (Phi) is 5.40. The molecule has 25 heavy (non-hydrogen) atoms. The summed E-state index contributed by atoms with van der Waals surface area (Å²) in [4.78, 5) is 23.3. The molecule has 1 saturated carbocycles. The third-order valence-corrected chi connectivity index (χ3v) is 4.96. The lowest BCUT2D eigenvalue weighted by Crippen LogP contribution is -2.45. The number of halogens is 1. The molecule has 6 nitrogen and oxygen atoms in total. The number of hydrogen-bond donors (Lipinski definition) is 3. The number of carbonyl (C=O) groups excluding carboxylic acids is 1. The maximum atomic E-state index is 13.6. The quantitative estimate of drug-likeness (QED) is 0.782. The Morgan fingerprint density at radius 2 is 1.88 bits per heavy atom. The van der Waals surface area contributed by atoms with E-state index in [-0.39, 0.29) is 29.8 Å². The van der Waals surface area contributed by atoms with Gasteiger partial charge in [-0.05, 0) is 56.7 Å². The molecule has 0 spiro atoms. The molecule has 0 radical (unpaired) electrons. The van der Waals surface area contributed by atoms with E-state index < -0.39 is 5.97 Å². The van der Waals surface area contributed by atoms with Gasteiger partial charge in [0, 0.05) is 11.6 Å². The molecular weight excluding hydrogens is 327 g/mol. The van der Waals surface area contributed by atoms with Crippen molar-refractivity contribution in [1.82, 2.24) is 10.6 Å². The first-order valence-corrected chi connectivity index (χ1v) is 8.75. The first-order valence-electron chi connectivity index (χ1n) is 8.75. The molecular formula is C18H23FN2O4. The zero-order chi connectivity index (χ0) is 17.8. The number of aliphatic carboxylic acids is 1. The van der Waals surface area contributed by atoms with Crippen LogP contribution < -0.4 is 15.4 Å². The normalized spacial score (nSPS) is 25.9. The Morgan fingerprint density at radius 1 is 1.12 bits per heavy atom. The fraction of sp³-hybridized carbons (Fsp3) is 0.556. The minimum absolute atomic E-state index is 0.0235. The highest BCUT2D eigenvalue weighted by Crippen LogP contribution is 2.32. The Labute approximate surface area is 145 Å². The number of urea groups is 1. The number of amides is 2. The van der Waals surface area contributed by atoms with Crippen LogP contribution in [-0.4, -0.2) is 29.8 Å². The summed E-state index contributed by atoms with van der Waals surface area (Å²) in [6, 6.07) is 3.72. The summed E-state index contributed by atoms with van der Waals surface area (Å²) in [5, 5.41) is 14.8. The van der Waals surface area contributed by atoms with Gasteiger partial charge in [0.05, 0.1) is 18.6 Å². The second kappa shape index (κ2) is 7.72. The van der Waals surface area contributed by atoms with Crippen LogP contribution >= 0.6 is 0 Å². The third kappa shape index (κ3) is 4.41. The number of rotatable bonds is 3. The lowest BCUT2D eigenvalue weighted by Gasteiger charge is -2.28. The van der Waals surface area contributed by atoms with Gasteiger partial charge < -0.3 is 20.5 Å². The molecule has 1 atom stereocenters. The van der Waals surface area contributed by atoms with Crippen LogP contribution in [-0.2, 0) is 4.79 Å². The molecule has 0 saturated heterocycles. The van der Waals surface area contributed by atoms with E-state index in [4.69, 9.17) is 9.84 Å². The van der Waals surface area contributed by atoms with Gasteiger partial charge >= 0.3 is 12.0 Å². The van der Waals surface area contributed by atoms with Gasteiger partial charge in [0.1, 0.15) is 11.6 Å². The van der Waals surface area contributed by atoms with E-state index in [0.29, 0.717) is 50.0 Å². The van der Waals surface area contributed by atoms with Crippen molar-refractivity contribution in [2.75, 3.05) is 6.61 Å². The predicted octanol–water partition coefficient (Wildman–Crippen LogP) is 2.98. The maximum absolute atomic E-state index is 13.6. The van der Waals surface area contributed by atoms with Crippen LogP contribution in [0.1, 0.15) is 50.1 Å². The number of carboxylic acid groups (broad SMARTS) is 1. The number of nitrogens with one attached hydrogen (secondary N) is 2. The molecule has 1 aromatic rings. The molecule has 1 aromatic carbocycles. The van der Waals surface area contributed by atoms with E-state index in [1.165, 1.54) is 12.1 Å². The standard InChI is InChI=1S/C18H23FN2O4/c19-12-5-8-16-14(10-12)15(2-1-9-25-16)21-18(24)20-13-6-3-11(4-7-13)17(22)23/h5,8,10-11,13,15H,1-4,6-7,9H2,(H,22,23)(H2,20,21,24). The van der Waals surface area contributed by atoms with E-state index in [0.717, 1.165) is 6.42 Å². The average Bonchev–Trinajstić information content (AvgIpc) is 2.77. The van der Waals surface area contributed by atoms with Gasteiger partial charge in [-0.25, -0.2) is 9.18 Å². The van der Waals surface area contributed by atoms with Crippen LogP contribution in [0.25, 0.3) is 0 Å². The summed E-state index contributed by atoms with van der Waals surface area (Å²) in [6.45, 7) is 0.539. The van der Waals surface area contributed by atoms with Crippen LogP contribution in [0.15, 0.2) is 18.2 Å². The van der Waals surface area contributed by atoms with Gasteiger partial charge in [0.2, 0.25) is 0 Å². The van der Waals surface area contributed by atoms with Crippen LogP contribution in [0.5, 0.6) is 5.75 Å². The molecule has 2 aliphatic rings. The zero-order valence-electron chi connectivity index (χ0n) is 14.0. The molecule has 1 aliphatic heterocycles. The summed E-state index contributed by atoms with van der Waals surface area (Å²) < 4.78 is 19.2. The number of ether oxygens (including phenoxy) is 1. The molecule has 1 heterocycles. The molecule has 1 unspecified atom stereocenters. The SMILES string of the molecule is O=C(NC1CCC(C(=O)O)CC1)NC1CCCOc2ccc(F)cc21. The van der Waals surface area contributed by atoms with Crippen molar-refractivity contribution in [2.24, 2.45) is 5.92 Å². The van der Waals surface area contributed by atoms with Gasteiger partial charge in [0.25, 0.3) is 0 Å². The Morgan fingerprint density at radius 3 is 2.60 bits per heavy atom. The van der Waals surface area contributed by atoms with E-state index in [2.05, 4.69) is 10.6 Å². The summed E-state index contributed by atoms with van der Waals surface area (Å²) in [6.07, 6.45) is 3.91. The highest BCUT2D eigenvalue weighted by molar-refractivity contribution is 5.75. The second-order valence-corrected chi connectivity index (χ2v) is 6.73. The van der Waals surface area contributed by atoms with Crippen molar-refractivity contribution in [1.29, 1.82) is 0 Å². The molecule has 136 valence electrons. The number of benzene rings is 1. The smallest absolute Gasteiger partial charge is 0.315 e. The predicted molar refractivity (Wildman–Crippen MR) is 88.9 cm³/mol. The minimum atomic E-state index is -0.764.